The monoisotopic (exact) mass is 613 g/mol. The van der Waals surface area contributed by atoms with Gasteiger partial charge in [-0.1, -0.05) is 45.8 Å². The van der Waals surface area contributed by atoms with Gasteiger partial charge in [-0.05, 0) is 49.9 Å². The third-order valence-corrected chi connectivity index (χ3v) is 9.82. The fraction of sp³-hybridized carbons (Fsp3) is 0.379. The molecule has 2 aromatic heterocycles. The first-order valence-corrected chi connectivity index (χ1v) is 15.0. The van der Waals surface area contributed by atoms with Crippen LogP contribution in [0.3, 0.4) is 0 Å². The number of aromatic nitrogens is 2. The Balaban J connectivity index is 1.14. The van der Waals surface area contributed by atoms with E-state index in [9.17, 15) is 14.7 Å². The minimum Gasteiger partial charge on any atom is -0.494 e. The number of ether oxygens (including phenoxy) is 2. The summed E-state index contributed by atoms with van der Waals surface area (Å²) in [7, 11) is 1.51. The number of nitrogens with zero attached hydrogens (tertiary/aromatic N) is 3. The zero-order valence-corrected chi connectivity index (χ0v) is 24.3. The van der Waals surface area contributed by atoms with Crippen molar-refractivity contribution in [2.45, 2.75) is 62.6 Å². The number of carbonyl (C=O) groups excluding carboxylic acids is 1. The summed E-state index contributed by atoms with van der Waals surface area (Å²) in [5.41, 5.74) is 1.90. The molecule has 0 amide bonds. The number of carbonyl (C=O) groups is 2. The van der Waals surface area contributed by atoms with E-state index in [-0.39, 0.29) is 29.7 Å². The van der Waals surface area contributed by atoms with Crippen molar-refractivity contribution < 1.29 is 28.7 Å². The van der Waals surface area contributed by atoms with E-state index in [0.29, 0.717) is 56.7 Å². The molecule has 2 aromatic carbocycles. The molecule has 2 aliphatic heterocycles. The number of halogens is 2. The first kappa shape index (κ1) is 26.6. The first-order chi connectivity index (χ1) is 19.8. The third kappa shape index (κ3) is 4.62. The number of benzene rings is 2. The molecule has 0 radical (unpaired) electrons. The second kappa shape index (κ2) is 10.2. The van der Waals surface area contributed by atoms with Crippen molar-refractivity contribution in [3.63, 3.8) is 0 Å². The number of carboxylic acids is 1. The van der Waals surface area contributed by atoms with Crippen LogP contribution in [0.5, 0.6) is 5.75 Å². The van der Waals surface area contributed by atoms with Crippen LogP contribution in [0.4, 0.5) is 5.13 Å². The highest BCUT2D eigenvalue weighted by Crippen LogP contribution is 2.48. The summed E-state index contributed by atoms with van der Waals surface area (Å²) < 4.78 is 18.0. The quantitative estimate of drug-likeness (QED) is 0.216. The van der Waals surface area contributed by atoms with Gasteiger partial charge in [-0.25, -0.2) is 14.6 Å². The molecule has 212 valence electrons. The Morgan fingerprint density at radius 3 is 2.44 bits per heavy atom. The molecule has 12 heteroatoms. The van der Waals surface area contributed by atoms with Gasteiger partial charge >= 0.3 is 11.9 Å². The maximum atomic E-state index is 13.7. The van der Waals surface area contributed by atoms with E-state index in [4.69, 9.17) is 42.2 Å². The third-order valence-electron chi connectivity index (χ3n) is 8.17. The number of aromatic carboxylic acids is 1. The number of carboxylic acid groups (broad SMARTS) is 1. The minimum absolute atomic E-state index is 0.135. The summed E-state index contributed by atoms with van der Waals surface area (Å²) in [4.78, 5) is 32.5. The fourth-order valence-corrected chi connectivity index (χ4v) is 7.88. The number of fused-ring (bicyclic) bond motifs is 3. The van der Waals surface area contributed by atoms with Gasteiger partial charge in [0.15, 0.2) is 10.9 Å². The molecule has 3 atom stereocenters. The Labute approximate surface area is 248 Å². The number of piperidine rings is 1. The first-order valence-electron chi connectivity index (χ1n) is 13.5. The molecule has 1 saturated carbocycles. The zero-order chi connectivity index (χ0) is 28.4. The second-order valence-electron chi connectivity index (χ2n) is 10.8. The SMILES string of the molecule is COc1cc(C(=O)O)cc2sc(N3[C@@H]4CC[C@H]3CC(OC(=O)c3c(-c5c(Cl)cccc5Cl)noc3C3CC3)C4)nc12. The van der Waals surface area contributed by atoms with E-state index in [1.54, 1.807) is 24.3 Å². The molecule has 2 bridgehead atoms. The molecule has 7 rings (SSSR count). The van der Waals surface area contributed by atoms with E-state index >= 15 is 0 Å². The molecule has 1 unspecified atom stereocenters. The predicted molar refractivity (Wildman–Crippen MR) is 155 cm³/mol. The Kier molecular flexibility index (Phi) is 6.59. The van der Waals surface area contributed by atoms with Crippen molar-refractivity contribution in [1.82, 2.24) is 10.1 Å². The molecule has 1 aliphatic carbocycles. The predicted octanol–water partition coefficient (Wildman–Crippen LogP) is 7.20. The van der Waals surface area contributed by atoms with Gasteiger partial charge in [-0.15, -0.1) is 0 Å². The van der Waals surface area contributed by atoms with Gasteiger partial charge in [-0.2, -0.15) is 0 Å². The molecule has 3 fully saturated rings. The fourth-order valence-electron chi connectivity index (χ4n) is 6.14. The van der Waals surface area contributed by atoms with Crippen LogP contribution in [0, 0.1) is 0 Å². The maximum Gasteiger partial charge on any atom is 0.344 e. The Morgan fingerprint density at radius 1 is 1.10 bits per heavy atom. The number of thiazole rings is 1. The van der Waals surface area contributed by atoms with Crippen LogP contribution in [0.2, 0.25) is 10.0 Å². The molecule has 3 aliphatic rings. The number of hydrogen-bond donors (Lipinski definition) is 1. The maximum absolute atomic E-state index is 13.7. The largest absolute Gasteiger partial charge is 0.494 e. The van der Waals surface area contributed by atoms with E-state index < -0.39 is 11.9 Å². The number of methoxy groups -OCH3 is 1. The van der Waals surface area contributed by atoms with Crippen molar-refractivity contribution in [3.05, 3.63) is 57.3 Å². The molecular weight excluding hydrogens is 589 g/mol. The summed E-state index contributed by atoms with van der Waals surface area (Å²) in [5.74, 6) is -0.377. The van der Waals surface area contributed by atoms with Crippen LogP contribution in [-0.2, 0) is 4.74 Å². The summed E-state index contributed by atoms with van der Waals surface area (Å²) in [6, 6.07) is 8.56. The Morgan fingerprint density at radius 2 is 1.80 bits per heavy atom. The standard InChI is InChI=1S/C29H25Cl2N3O6S/c1-38-20-9-14(27(35)36)10-21-24(20)32-29(41-21)34-15-7-8-16(34)12-17(11-15)39-28(37)23-25(33-40-26(23)13-5-6-13)22-18(30)3-2-4-19(22)31/h2-4,9-10,13,15-17H,5-8,11-12H2,1H3,(H,35,36)/t15-,16+,17?. The van der Waals surface area contributed by atoms with E-state index in [2.05, 4.69) is 10.1 Å². The summed E-state index contributed by atoms with van der Waals surface area (Å²) in [5, 5.41) is 15.3. The van der Waals surface area contributed by atoms with Crippen LogP contribution < -0.4 is 9.64 Å². The van der Waals surface area contributed by atoms with Gasteiger partial charge < -0.3 is 24.0 Å². The van der Waals surface area contributed by atoms with Crippen LogP contribution in [-0.4, -0.2) is 52.5 Å². The van der Waals surface area contributed by atoms with Crippen LogP contribution in [0.1, 0.15) is 70.9 Å². The smallest absolute Gasteiger partial charge is 0.344 e. The highest BCUT2D eigenvalue weighted by atomic mass is 35.5. The van der Waals surface area contributed by atoms with E-state index in [0.717, 1.165) is 35.5 Å². The summed E-state index contributed by atoms with van der Waals surface area (Å²) >= 11 is 14.4. The molecule has 4 aromatic rings. The van der Waals surface area contributed by atoms with Gasteiger partial charge in [0.1, 0.15) is 28.6 Å². The van der Waals surface area contributed by atoms with Crippen molar-refractivity contribution in [2.24, 2.45) is 0 Å². The molecule has 2 saturated heterocycles. The highest BCUT2D eigenvalue weighted by Gasteiger charge is 2.45. The average molecular weight is 615 g/mol. The van der Waals surface area contributed by atoms with E-state index in [1.165, 1.54) is 24.5 Å². The number of rotatable bonds is 7. The van der Waals surface area contributed by atoms with Crippen LogP contribution >= 0.6 is 34.5 Å². The van der Waals surface area contributed by atoms with Gasteiger partial charge in [-0.3, -0.25) is 0 Å². The summed E-state index contributed by atoms with van der Waals surface area (Å²) in [6.07, 6.45) is 4.78. The lowest BCUT2D eigenvalue weighted by Crippen LogP contribution is -2.46. The lowest BCUT2D eigenvalue weighted by atomic mass is 9.99. The number of esters is 1. The Hall–Kier alpha value is -3.34. The lowest BCUT2D eigenvalue weighted by Gasteiger charge is -2.38. The van der Waals surface area contributed by atoms with Crippen molar-refractivity contribution >= 4 is 61.8 Å². The topological polar surface area (TPSA) is 115 Å². The molecule has 1 N–H and O–H groups in total. The van der Waals surface area contributed by atoms with Crippen molar-refractivity contribution in [1.29, 1.82) is 0 Å². The second-order valence-corrected chi connectivity index (χ2v) is 12.6. The minimum atomic E-state index is -1.01. The van der Waals surface area contributed by atoms with Crippen molar-refractivity contribution in [3.8, 4) is 17.0 Å². The van der Waals surface area contributed by atoms with Gasteiger partial charge in [0.2, 0.25) is 0 Å². The van der Waals surface area contributed by atoms with Crippen LogP contribution in [0.25, 0.3) is 21.5 Å². The van der Waals surface area contributed by atoms with Crippen LogP contribution in [0.15, 0.2) is 34.9 Å². The molecule has 41 heavy (non-hydrogen) atoms. The normalized spacial score (nSPS) is 21.8. The lowest BCUT2D eigenvalue weighted by molar-refractivity contribution is 0.0202. The number of anilines is 1. The Bertz CT molecular complexity index is 1660. The average Bonchev–Trinajstić information content (AvgIpc) is 3.44. The highest BCUT2D eigenvalue weighted by molar-refractivity contribution is 7.22. The molecule has 4 heterocycles. The van der Waals surface area contributed by atoms with E-state index in [1.807, 2.05) is 0 Å². The molecular formula is C29H25Cl2N3O6S. The van der Waals surface area contributed by atoms with Gasteiger partial charge in [0, 0.05) is 36.4 Å². The number of hydrogen-bond acceptors (Lipinski definition) is 9. The van der Waals surface area contributed by atoms with Gasteiger partial charge in [0.05, 0.1) is 27.4 Å². The summed E-state index contributed by atoms with van der Waals surface area (Å²) in [6.45, 7) is 0. The van der Waals surface area contributed by atoms with Crippen molar-refractivity contribution in [2.75, 3.05) is 12.0 Å². The van der Waals surface area contributed by atoms with Gasteiger partial charge in [0.25, 0.3) is 0 Å². The molecule has 0 spiro atoms. The molecule has 9 nitrogen and oxygen atoms in total. The zero-order valence-electron chi connectivity index (χ0n) is 21.9.